The van der Waals surface area contributed by atoms with Crippen molar-refractivity contribution >= 4 is 16.3 Å². The topological polar surface area (TPSA) is 111 Å². The van der Waals surface area contributed by atoms with Crippen LogP contribution < -0.4 is 16.0 Å². The molecule has 0 aliphatic heterocycles. The van der Waals surface area contributed by atoms with Gasteiger partial charge in [-0.15, -0.1) is 4.83 Å². The van der Waals surface area contributed by atoms with E-state index in [1.54, 1.807) is 5.43 Å². The number of carbonyl (C=O) groups excluding carboxylic acids is 1. The molecule has 8 heteroatoms. The van der Waals surface area contributed by atoms with E-state index in [9.17, 15) is 13.2 Å². The second-order valence-electron chi connectivity index (χ2n) is 1.21. The number of carbonyl (C=O) groups is 1. The molecule has 0 aliphatic rings. The van der Waals surface area contributed by atoms with E-state index in [-0.39, 0.29) is 0 Å². The fourth-order valence-electron chi connectivity index (χ4n) is 0.154. The summed E-state index contributed by atoms with van der Waals surface area (Å²) in [6.07, 6.45) is 0. The number of hydrazine groups is 1. The van der Waals surface area contributed by atoms with Crippen molar-refractivity contribution in [2.45, 2.75) is 0 Å². The molecule has 0 bridgehead atoms. The lowest BCUT2D eigenvalue weighted by atomic mass is 11.2. The first-order chi connectivity index (χ1) is 4.48. The SMILES string of the molecule is COS(=O)(=O)NNC(N)=O. The lowest BCUT2D eigenvalue weighted by molar-refractivity contribution is 0.246. The van der Waals surface area contributed by atoms with E-state index in [0.29, 0.717) is 0 Å². The Bertz CT molecular complexity index is 209. The molecule has 0 aromatic carbocycles. The summed E-state index contributed by atoms with van der Waals surface area (Å²) in [6, 6.07) is -1.01. The lowest BCUT2D eigenvalue weighted by Crippen LogP contribution is -2.44. The van der Waals surface area contributed by atoms with E-state index in [4.69, 9.17) is 0 Å². The van der Waals surface area contributed by atoms with E-state index < -0.39 is 16.3 Å². The van der Waals surface area contributed by atoms with Gasteiger partial charge in [-0.25, -0.2) is 4.79 Å². The summed E-state index contributed by atoms with van der Waals surface area (Å²) in [7, 11) is -2.94. The van der Waals surface area contributed by atoms with Gasteiger partial charge in [0.1, 0.15) is 0 Å². The average Bonchev–Trinajstić information content (AvgIpc) is 1.85. The molecule has 0 atom stereocenters. The molecule has 0 aromatic heterocycles. The predicted molar refractivity (Wildman–Crippen MR) is 31.8 cm³/mol. The summed E-state index contributed by atoms with van der Waals surface area (Å²) in [4.78, 5) is 11.4. The highest BCUT2D eigenvalue weighted by Crippen LogP contribution is 1.77. The molecule has 0 saturated carbocycles. The van der Waals surface area contributed by atoms with Gasteiger partial charge in [0.25, 0.3) is 0 Å². The maximum atomic E-state index is 10.3. The monoisotopic (exact) mass is 169 g/mol. The number of amides is 2. The highest BCUT2D eigenvalue weighted by atomic mass is 32.2. The van der Waals surface area contributed by atoms with Crippen molar-refractivity contribution in [1.82, 2.24) is 10.3 Å². The smallest absolute Gasteiger partial charge is 0.351 e. The molecule has 0 fully saturated rings. The van der Waals surface area contributed by atoms with Crippen LogP contribution >= 0.6 is 0 Å². The van der Waals surface area contributed by atoms with Crippen LogP contribution in [0.1, 0.15) is 0 Å². The highest BCUT2D eigenvalue weighted by Gasteiger charge is 2.06. The van der Waals surface area contributed by atoms with Gasteiger partial charge >= 0.3 is 16.3 Å². The molecule has 0 spiro atoms. The second-order valence-corrected chi connectivity index (χ2v) is 2.66. The minimum absolute atomic E-state index is 0.936. The van der Waals surface area contributed by atoms with Crippen molar-refractivity contribution in [3.05, 3.63) is 0 Å². The standard InChI is InChI=1S/C2H7N3O4S/c1-9-10(7,8)5-4-2(3)6/h5H,1H3,(H3,3,4,6). The Morgan fingerprint density at radius 2 is 2.10 bits per heavy atom. The first-order valence-electron chi connectivity index (χ1n) is 2.11. The van der Waals surface area contributed by atoms with Gasteiger partial charge in [0.05, 0.1) is 7.11 Å². The number of primary amides is 1. The number of urea groups is 1. The minimum atomic E-state index is -3.88. The number of nitrogens with two attached hydrogens (primary N) is 1. The van der Waals surface area contributed by atoms with Crippen LogP contribution in [0.25, 0.3) is 0 Å². The van der Waals surface area contributed by atoms with Crippen LogP contribution in [0, 0.1) is 0 Å². The number of nitrogens with one attached hydrogen (secondary N) is 2. The maximum absolute atomic E-state index is 10.3. The zero-order valence-corrected chi connectivity index (χ0v) is 5.94. The highest BCUT2D eigenvalue weighted by molar-refractivity contribution is 7.84. The van der Waals surface area contributed by atoms with Crippen molar-refractivity contribution in [3.8, 4) is 0 Å². The molecule has 2 amide bonds. The summed E-state index contributed by atoms with van der Waals surface area (Å²) in [5.41, 5.74) is 6.13. The summed E-state index contributed by atoms with van der Waals surface area (Å²) in [6.45, 7) is 0. The first kappa shape index (κ1) is 9.14. The fourth-order valence-corrected chi connectivity index (χ4v) is 0.463. The Hall–Kier alpha value is -0.860. The molecule has 0 aliphatic carbocycles. The zero-order chi connectivity index (χ0) is 8.20. The van der Waals surface area contributed by atoms with Gasteiger partial charge < -0.3 is 5.73 Å². The van der Waals surface area contributed by atoms with Crippen molar-refractivity contribution in [2.24, 2.45) is 5.73 Å². The van der Waals surface area contributed by atoms with E-state index in [2.05, 4.69) is 9.92 Å². The quantitative estimate of drug-likeness (QED) is 0.426. The van der Waals surface area contributed by atoms with Crippen LogP contribution in [-0.2, 0) is 14.5 Å². The van der Waals surface area contributed by atoms with E-state index in [1.807, 2.05) is 0 Å². The van der Waals surface area contributed by atoms with Crippen LogP contribution in [0.5, 0.6) is 0 Å². The first-order valence-corrected chi connectivity index (χ1v) is 3.51. The van der Waals surface area contributed by atoms with Gasteiger partial charge in [0.15, 0.2) is 0 Å². The summed E-state index contributed by atoms with van der Waals surface area (Å²) >= 11 is 0. The third-order valence-corrected chi connectivity index (χ3v) is 1.31. The van der Waals surface area contributed by atoms with E-state index >= 15 is 0 Å². The third-order valence-electron chi connectivity index (χ3n) is 0.519. The maximum Gasteiger partial charge on any atom is 0.352 e. The Labute approximate surface area is 57.8 Å². The van der Waals surface area contributed by atoms with E-state index in [0.717, 1.165) is 7.11 Å². The van der Waals surface area contributed by atoms with Crippen LogP contribution in [0.4, 0.5) is 4.79 Å². The van der Waals surface area contributed by atoms with Crippen LogP contribution in [0.3, 0.4) is 0 Å². The van der Waals surface area contributed by atoms with E-state index in [1.165, 1.54) is 4.83 Å². The van der Waals surface area contributed by atoms with Gasteiger partial charge in [-0.05, 0) is 0 Å². The molecule has 4 N–H and O–H groups in total. The summed E-state index contributed by atoms with van der Waals surface area (Å²) in [5, 5.41) is 0. The molecule has 0 heterocycles. The Morgan fingerprint density at radius 3 is 2.40 bits per heavy atom. The normalized spacial score (nSPS) is 10.9. The molecular weight excluding hydrogens is 162 g/mol. The van der Waals surface area contributed by atoms with Gasteiger partial charge in [0, 0.05) is 0 Å². The summed E-state index contributed by atoms with van der Waals surface area (Å²) < 4.78 is 24.5. The molecule has 0 aromatic rings. The zero-order valence-electron chi connectivity index (χ0n) is 5.12. The van der Waals surface area contributed by atoms with Gasteiger partial charge in [0.2, 0.25) is 0 Å². The molecule has 0 unspecified atom stereocenters. The number of hydrogen-bond acceptors (Lipinski definition) is 4. The fraction of sp³-hybridized carbons (Fsp3) is 0.500. The van der Waals surface area contributed by atoms with Gasteiger partial charge in [-0.2, -0.15) is 8.42 Å². The molecular formula is C2H7N3O4S. The summed E-state index contributed by atoms with van der Waals surface area (Å²) in [5.74, 6) is 0. The molecule has 0 saturated heterocycles. The molecule has 0 radical (unpaired) electrons. The average molecular weight is 169 g/mol. The predicted octanol–water partition coefficient (Wildman–Crippen LogP) is -1.95. The van der Waals surface area contributed by atoms with Crippen molar-refractivity contribution in [1.29, 1.82) is 0 Å². The van der Waals surface area contributed by atoms with Crippen LogP contribution in [0.2, 0.25) is 0 Å². The van der Waals surface area contributed by atoms with Crippen molar-refractivity contribution in [3.63, 3.8) is 0 Å². The molecule has 0 rings (SSSR count). The lowest BCUT2D eigenvalue weighted by Gasteiger charge is -2.01. The number of hydrogen-bond donors (Lipinski definition) is 3. The van der Waals surface area contributed by atoms with Gasteiger partial charge in [-0.3, -0.25) is 9.61 Å². The largest absolute Gasteiger partial charge is 0.352 e. The van der Waals surface area contributed by atoms with Gasteiger partial charge in [-0.1, -0.05) is 0 Å². The Balaban J connectivity index is 3.81. The van der Waals surface area contributed by atoms with Crippen molar-refractivity contribution < 1.29 is 17.4 Å². The third kappa shape index (κ3) is 4.06. The Morgan fingerprint density at radius 1 is 1.60 bits per heavy atom. The number of rotatable bonds is 3. The van der Waals surface area contributed by atoms with Crippen LogP contribution in [0.15, 0.2) is 0 Å². The Kier molecular flexibility index (Phi) is 3.06. The minimum Gasteiger partial charge on any atom is -0.351 e. The second kappa shape index (κ2) is 3.34. The van der Waals surface area contributed by atoms with Crippen molar-refractivity contribution in [2.75, 3.05) is 7.11 Å². The molecule has 10 heavy (non-hydrogen) atoms. The van der Waals surface area contributed by atoms with Crippen LogP contribution in [-0.4, -0.2) is 21.6 Å². The molecule has 60 valence electrons. The molecule has 7 nitrogen and oxygen atoms in total.